The number of furan rings is 1. The summed E-state index contributed by atoms with van der Waals surface area (Å²) in [5, 5.41) is 5.52. The van der Waals surface area contributed by atoms with E-state index in [1.54, 1.807) is 6.08 Å². The lowest BCUT2D eigenvalue weighted by molar-refractivity contribution is 0.577. The third kappa shape index (κ3) is 6.47. The fourth-order valence-electron chi connectivity index (χ4n) is 3.35. The summed E-state index contributed by atoms with van der Waals surface area (Å²) in [4.78, 5) is 0. The van der Waals surface area contributed by atoms with Crippen molar-refractivity contribution in [3.8, 4) is 0 Å². The zero-order chi connectivity index (χ0) is 23.6. The molecule has 0 atom stereocenters. The van der Waals surface area contributed by atoms with Crippen molar-refractivity contribution in [2.45, 2.75) is 20.3 Å². The summed E-state index contributed by atoms with van der Waals surface area (Å²) < 4.78 is 5.72. The number of nitrogens with one attached hydrogen (secondary N) is 1. The lowest BCUT2D eigenvalue weighted by Crippen LogP contribution is -2.17. The van der Waals surface area contributed by atoms with Gasteiger partial charge in [-0.05, 0) is 67.3 Å². The molecule has 0 radical (unpaired) electrons. The highest BCUT2D eigenvalue weighted by Gasteiger charge is 2.00. The Hall–Kier alpha value is -4.04. The third-order valence-electron chi connectivity index (χ3n) is 5.30. The molecule has 3 aromatic rings. The summed E-state index contributed by atoms with van der Waals surface area (Å²) in [6, 6.07) is 16.4. The van der Waals surface area contributed by atoms with Crippen LogP contribution in [0.4, 0.5) is 5.69 Å². The van der Waals surface area contributed by atoms with Gasteiger partial charge in [0.05, 0.1) is 0 Å². The molecular formula is C31H31NO. The molecule has 166 valence electrons. The normalized spacial score (nSPS) is 13.3. The van der Waals surface area contributed by atoms with Gasteiger partial charge in [-0.1, -0.05) is 86.5 Å². The van der Waals surface area contributed by atoms with Crippen LogP contribution >= 0.6 is 0 Å². The molecule has 33 heavy (non-hydrogen) atoms. The van der Waals surface area contributed by atoms with Gasteiger partial charge in [-0.15, -0.1) is 0 Å². The smallest absolute Gasteiger partial charge is 0.135 e. The number of hydrogen-bond acceptors (Lipinski definition) is 2. The van der Waals surface area contributed by atoms with Crippen LogP contribution in [-0.2, 0) is 6.42 Å². The Bertz CT molecular complexity index is 1360. The molecule has 0 bridgehead atoms. The first-order chi connectivity index (χ1) is 16.0. The Kier molecular flexibility index (Phi) is 8.26. The molecule has 3 rings (SSSR count). The average Bonchev–Trinajstić information content (AvgIpc) is 3.15. The molecule has 2 nitrogen and oxygen atoms in total. The molecule has 0 aliphatic rings. The van der Waals surface area contributed by atoms with E-state index < -0.39 is 0 Å². The molecule has 1 aromatic heterocycles. The number of rotatable bonds is 9. The van der Waals surface area contributed by atoms with Crippen molar-refractivity contribution in [3.05, 3.63) is 137 Å². The Morgan fingerprint density at radius 1 is 1.06 bits per heavy atom. The lowest BCUT2D eigenvalue weighted by atomic mass is 10.1. The molecule has 2 heteroatoms. The molecule has 0 saturated carbocycles. The van der Waals surface area contributed by atoms with E-state index in [2.05, 4.69) is 73.6 Å². The maximum atomic E-state index is 5.72. The molecular weight excluding hydrogens is 402 g/mol. The number of hydrogen-bond donors (Lipinski definition) is 1. The van der Waals surface area contributed by atoms with E-state index in [-0.39, 0.29) is 0 Å². The summed E-state index contributed by atoms with van der Waals surface area (Å²) in [6.45, 7) is 16.1. The lowest BCUT2D eigenvalue weighted by Gasteiger charge is -2.09. The van der Waals surface area contributed by atoms with Crippen LogP contribution in [0.2, 0.25) is 0 Å². The van der Waals surface area contributed by atoms with Crippen molar-refractivity contribution in [3.63, 3.8) is 0 Å². The SMILES string of the molecule is C=C/C(=C\C(=C)/C(C)=C/C=C\C)Nc1ccc(C/C=C\C=c2/c(=C)oc3ccccc23)cc1. The standard InChI is InChI=1S/C31H31NO/c1-6-8-13-23(3)24(4)22-27(7-2)32-28-20-18-26(19-21-28)14-9-10-15-29-25(5)33-31-17-12-11-16-30(29)31/h6-13,15-22,32H,2,4-5,14H2,1,3H3/b8-6-,10-9-,23-13+,27-22+,29-15+. The highest BCUT2D eigenvalue weighted by Crippen LogP contribution is 2.16. The van der Waals surface area contributed by atoms with Crippen molar-refractivity contribution in [1.82, 2.24) is 0 Å². The van der Waals surface area contributed by atoms with E-state index in [0.717, 1.165) is 45.1 Å². The molecule has 2 aromatic carbocycles. The fraction of sp³-hybridized carbons (Fsp3) is 0.0968. The summed E-state index contributed by atoms with van der Waals surface area (Å²) in [5.74, 6) is 0. The number of fused-ring (bicyclic) bond motifs is 1. The van der Waals surface area contributed by atoms with E-state index >= 15 is 0 Å². The minimum Gasteiger partial charge on any atom is -0.457 e. The van der Waals surface area contributed by atoms with Crippen LogP contribution in [0, 0.1) is 0 Å². The molecule has 1 heterocycles. The minimum atomic E-state index is 0.692. The molecule has 0 amide bonds. The van der Waals surface area contributed by atoms with E-state index in [0.29, 0.717) is 5.42 Å². The summed E-state index contributed by atoms with van der Waals surface area (Å²) in [5.41, 5.74) is 6.77. The molecule has 0 fully saturated rings. The van der Waals surface area contributed by atoms with Gasteiger partial charge in [0.1, 0.15) is 11.0 Å². The fourth-order valence-corrected chi connectivity index (χ4v) is 3.35. The molecule has 0 unspecified atom stereocenters. The zero-order valence-electron chi connectivity index (χ0n) is 19.5. The third-order valence-corrected chi connectivity index (χ3v) is 5.30. The Morgan fingerprint density at radius 2 is 1.82 bits per heavy atom. The summed E-state index contributed by atoms with van der Waals surface area (Å²) in [7, 11) is 0. The van der Waals surface area contributed by atoms with E-state index in [9.17, 15) is 0 Å². The second-order valence-electron chi connectivity index (χ2n) is 7.76. The van der Waals surface area contributed by atoms with Gasteiger partial charge in [0, 0.05) is 22.0 Å². The first kappa shape index (κ1) is 23.6. The zero-order valence-corrected chi connectivity index (χ0v) is 19.5. The van der Waals surface area contributed by atoms with Crippen LogP contribution < -0.4 is 16.0 Å². The number of anilines is 1. The van der Waals surface area contributed by atoms with Gasteiger partial charge in [-0.2, -0.15) is 0 Å². The highest BCUT2D eigenvalue weighted by atomic mass is 16.3. The van der Waals surface area contributed by atoms with Crippen molar-refractivity contribution in [1.29, 1.82) is 0 Å². The van der Waals surface area contributed by atoms with Crippen LogP contribution in [-0.4, -0.2) is 0 Å². The van der Waals surface area contributed by atoms with Crippen molar-refractivity contribution >= 4 is 29.3 Å². The molecule has 0 aliphatic carbocycles. The first-order valence-corrected chi connectivity index (χ1v) is 11.0. The predicted molar refractivity (Wildman–Crippen MR) is 144 cm³/mol. The van der Waals surface area contributed by atoms with Crippen molar-refractivity contribution in [2.75, 3.05) is 5.32 Å². The van der Waals surface area contributed by atoms with Crippen LogP contribution in [0.15, 0.2) is 125 Å². The van der Waals surface area contributed by atoms with E-state index in [1.807, 2.05) is 56.4 Å². The Morgan fingerprint density at radius 3 is 2.55 bits per heavy atom. The Labute approximate surface area is 196 Å². The van der Waals surface area contributed by atoms with Gasteiger partial charge in [-0.25, -0.2) is 0 Å². The minimum absolute atomic E-state index is 0.692. The molecule has 0 saturated heterocycles. The number of benzene rings is 2. The van der Waals surface area contributed by atoms with Crippen LogP contribution in [0.5, 0.6) is 0 Å². The van der Waals surface area contributed by atoms with E-state index in [4.69, 9.17) is 4.42 Å². The average molecular weight is 434 g/mol. The van der Waals surface area contributed by atoms with Gasteiger partial charge in [0.15, 0.2) is 0 Å². The predicted octanol–water partition coefficient (Wildman–Crippen LogP) is 6.98. The second kappa shape index (κ2) is 11.5. The second-order valence-corrected chi connectivity index (χ2v) is 7.76. The molecule has 1 N–H and O–H groups in total. The van der Waals surface area contributed by atoms with Gasteiger partial charge < -0.3 is 9.73 Å². The summed E-state index contributed by atoms with van der Waals surface area (Å²) >= 11 is 0. The van der Waals surface area contributed by atoms with Crippen molar-refractivity contribution < 1.29 is 4.42 Å². The maximum absolute atomic E-state index is 5.72. The quantitative estimate of drug-likeness (QED) is 0.368. The van der Waals surface area contributed by atoms with E-state index in [1.165, 1.54) is 5.56 Å². The van der Waals surface area contributed by atoms with Gasteiger partial charge >= 0.3 is 0 Å². The van der Waals surface area contributed by atoms with Crippen molar-refractivity contribution in [2.24, 2.45) is 0 Å². The maximum Gasteiger partial charge on any atom is 0.135 e. The molecule has 0 aliphatic heterocycles. The number of para-hydroxylation sites is 1. The van der Waals surface area contributed by atoms with Gasteiger partial charge in [0.2, 0.25) is 0 Å². The summed E-state index contributed by atoms with van der Waals surface area (Å²) in [6.07, 6.45) is 17.0. The molecule has 0 spiro atoms. The topological polar surface area (TPSA) is 25.2 Å². The van der Waals surface area contributed by atoms with Gasteiger partial charge in [0.25, 0.3) is 0 Å². The highest BCUT2D eigenvalue weighted by molar-refractivity contribution is 5.79. The van der Waals surface area contributed by atoms with Crippen LogP contribution in [0.25, 0.3) is 23.6 Å². The monoisotopic (exact) mass is 433 g/mol. The van der Waals surface area contributed by atoms with Gasteiger partial charge in [-0.3, -0.25) is 0 Å². The van der Waals surface area contributed by atoms with Crippen LogP contribution in [0.1, 0.15) is 19.4 Å². The number of allylic oxidation sites excluding steroid dienone is 9. The Balaban J connectivity index is 1.64. The largest absolute Gasteiger partial charge is 0.457 e. The van der Waals surface area contributed by atoms with Crippen LogP contribution in [0.3, 0.4) is 0 Å². The first-order valence-electron chi connectivity index (χ1n) is 11.0.